The van der Waals surface area contributed by atoms with Crippen LogP contribution in [0.25, 0.3) is 10.9 Å². The number of hydrogen-bond donors (Lipinski definition) is 2. The van der Waals surface area contributed by atoms with Gasteiger partial charge in [-0.25, -0.2) is 4.79 Å². The highest BCUT2D eigenvalue weighted by atomic mass is 16.2. The lowest BCUT2D eigenvalue weighted by Crippen LogP contribution is -2.56. The number of nitrogens with one attached hydrogen (secondary N) is 2. The number of Topliss-reactive ketones (excluding diaryl/α,β-unsaturated/α-hetero) is 1. The van der Waals surface area contributed by atoms with Gasteiger partial charge in [-0.1, -0.05) is 0 Å². The van der Waals surface area contributed by atoms with Crippen molar-refractivity contribution >= 4 is 22.7 Å². The molecule has 3 atom stereocenters. The molecule has 4 rings (SSSR count). The molecule has 150 valence electrons. The smallest absolute Gasteiger partial charge is 0.317 e. The Morgan fingerprint density at radius 2 is 2.04 bits per heavy atom. The molecule has 1 aliphatic heterocycles. The van der Waals surface area contributed by atoms with Crippen LogP contribution in [0.5, 0.6) is 0 Å². The number of amides is 2. The molecule has 0 radical (unpaired) electrons. The maximum atomic E-state index is 12.6. The lowest BCUT2D eigenvalue weighted by molar-refractivity contribution is 0.101. The van der Waals surface area contributed by atoms with Crippen LogP contribution < -0.4 is 5.32 Å². The van der Waals surface area contributed by atoms with Gasteiger partial charge < -0.3 is 20.1 Å². The summed E-state index contributed by atoms with van der Waals surface area (Å²) in [6.45, 7) is 7.91. The van der Waals surface area contributed by atoms with Gasteiger partial charge in [-0.05, 0) is 63.9 Å². The van der Waals surface area contributed by atoms with Crippen molar-refractivity contribution in [3.8, 4) is 0 Å². The van der Waals surface area contributed by atoms with E-state index < -0.39 is 0 Å². The van der Waals surface area contributed by atoms with E-state index in [9.17, 15) is 9.59 Å². The largest absolute Gasteiger partial charge is 0.361 e. The number of benzene rings is 1. The number of aromatic nitrogens is 1. The van der Waals surface area contributed by atoms with E-state index in [4.69, 9.17) is 0 Å². The molecular weight excluding hydrogens is 352 g/mol. The predicted molar refractivity (Wildman–Crippen MR) is 111 cm³/mol. The minimum absolute atomic E-state index is 0.0163. The first-order valence-corrected chi connectivity index (χ1v) is 10.3. The zero-order valence-electron chi connectivity index (χ0n) is 17.2. The van der Waals surface area contributed by atoms with E-state index in [0.717, 1.165) is 30.5 Å². The third-order valence-electron chi connectivity index (χ3n) is 6.58. The Balaban J connectivity index is 1.67. The van der Waals surface area contributed by atoms with Crippen LogP contribution in [0, 0.1) is 0 Å². The van der Waals surface area contributed by atoms with Gasteiger partial charge in [-0.2, -0.15) is 0 Å². The molecule has 2 aromatic rings. The Morgan fingerprint density at radius 3 is 2.71 bits per heavy atom. The lowest BCUT2D eigenvalue weighted by atomic mass is 9.73. The molecule has 1 fully saturated rings. The summed E-state index contributed by atoms with van der Waals surface area (Å²) < 4.78 is 0. The number of nitrogens with zero attached hydrogens (tertiary/aromatic N) is 2. The number of fused-ring (bicyclic) bond motifs is 2. The van der Waals surface area contributed by atoms with Crippen molar-refractivity contribution in [2.24, 2.45) is 0 Å². The third kappa shape index (κ3) is 3.09. The summed E-state index contributed by atoms with van der Waals surface area (Å²) in [6, 6.07) is 4.58. The maximum Gasteiger partial charge on any atom is 0.317 e. The molecule has 2 N–H and O–H groups in total. The summed E-state index contributed by atoms with van der Waals surface area (Å²) in [5.74, 6) is 0.401. The quantitative estimate of drug-likeness (QED) is 0.799. The minimum Gasteiger partial charge on any atom is -0.361 e. The van der Waals surface area contributed by atoms with Gasteiger partial charge in [0.15, 0.2) is 5.78 Å². The lowest BCUT2D eigenvalue weighted by Gasteiger charge is -2.46. The van der Waals surface area contributed by atoms with Crippen LogP contribution in [0.2, 0.25) is 0 Å². The molecule has 1 saturated heterocycles. The Morgan fingerprint density at radius 1 is 1.29 bits per heavy atom. The van der Waals surface area contributed by atoms with E-state index >= 15 is 0 Å². The number of aromatic amines is 1. The van der Waals surface area contributed by atoms with Crippen LogP contribution in [-0.4, -0.2) is 65.4 Å². The molecule has 0 bridgehead atoms. The average Bonchev–Trinajstić information content (AvgIpc) is 3.07. The van der Waals surface area contributed by atoms with Crippen LogP contribution >= 0.6 is 0 Å². The molecule has 6 nitrogen and oxygen atoms in total. The Labute approximate surface area is 166 Å². The summed E-state index contributed by atoms with van der Waals surface area (Å²) in [5.41, 5.74) is 4.39. The third-order valence-corrected chi connectivity index (χ3v) is 6.58. The number of rotatable bonds is 4. The number of carbonyl (C=O) groups is 2. The maximum absolute atomic E-state index is 12.6. The number of piperidine rings is 1. The van der Waals surface area contributed by atoms with Gasteiger partial charge >= 0.3 is 6.03 Å². The van der Waals surface area contributed by atoms with Crippen LogP contribution in [0.3, 0.4) is 0 Å². The van der Waals surface area contributed by atoms with Crippen LogP contribution in [0.15, 0.2) is 18.3 Å². The monoisotopic (exact) mass is 382 g/mol. The van der Waals surface area contributed by atoms with Crippen molar-refractivity contribution in [1.82, 2.24) is 20.1 Å². The topological polar surface area (TPSA) is 68.4 Å². The van der Waals surface area contributed by atoms with Crippen molar-refractivity contribution < 1.29 is 9.59 Å². The fourth-order valence-electron chi connectivity index (χ4n) is 5.10. The fraction of sp³-hybridized carbons (Fsp3) is 0.545. The van der Waals surface area contributed by atoms with E-state index in [1.165, 1.54) is 16.5 Å². The molecule has 1 aromatic heterocycles. The van der Waals surface area contributed by atoms with Crippen LogP contribution in [0.4, 0.5) is 4.79 Å². The molecule has 2 aliphatic rings. The Kier molecular flexibility index (Phi) is 4.91. The second-order valence-corrected chi connectivity index (χ2v) is 8.23. The van der Waals surface area contributed by atoms with E-state index in [1.54, 1.807) is 6.92 Å². The van der Waals surface area contributed by atoms with Gasteiger partial charge in [0.1, 0.15) is 0 Å². The van der Waals surface area contributed by atoms with Gasteiger partial charge in [-0.3, -0.25) is 4.79 Å². The summed E-state index contributed by atoms with van der Waals surface area (Å²) in [6.07, 6.45) is 4.00. The van der Waals surface area contributed by atoms with E-state index in [2.05, 4.69) is 34.5 Å². The molecule has 0 saturated carbocycles. The number of likely N-dealkylation sites (N-methyl/N-ethyl adjacent to an activating group) is 1. The van der Waals surface area contributed by atoms with Crippen molar-refractivity contribution in [2.75, 3.05) is 26.7 Å². The van der Waals surface area contributed by atoms with Crippen molar-refractivity contribution in [3.05, 3.63) is 35.0 Å². The number of hydrogen-bond acceptors (Lipinski definition) is 3. The first-order chi connectivity index (χ1) is 13.4. The number of carbonyl (C=O) groups excluding carboxylic acids is 2. The van der Waals surface area contributed by atoms with Gasteiger partial charge in [-0.15, -0.1) is 0 Å². The standard InChI is InChI=1S/C22H30N4O2/c1-5-26(6-2)22(28)24-16-10-17-18-7-14(13(3)27)8-19-21(18)15(11-23-19)9-20(17)25(4)12-16/h7-8,11,16-17,20,23H,5-6,9-10,12H2,1-4H3,(H,24,28)/t16-,17+,20+/m0/s1. The zero-order chi connectivity index (χ0) is 20.0. The highest BCUT2D eigenvalue weighted by Crippen LogP contribution is 2.43. The molecular formula is C22H30N4O2. The van der Waals surface area contributed by atoms with E-state index in [-0.39, 0.29) is 17.9 Å². The van der Waals surface area contributed by atoms with Crippen molar-refractivity contribution in [2.45, 2.75) is 51.6 Å². The average molecular weight is 383 g/mol. The fourth-order valence-corrected chi connectivity index (χ4v) is 5.10. The van der Waals surface area contributed by atoms with Crippen molar-refractivity contribution in [1.29, 1.82) is 0 Å². The second-order valence-electron chi connectivity index (χ2n) is 8.23. The van der Waals surface area contributed by atoms with Gasteiger partial charge in [0, 0.05) is 60.3 Å². The number of urea groups is 1. The molecule has 28 heavy (non-hydrogen) atoms. The van der Waals surface area contributed by atoms with Crippen LogP contribution in [0.1, 0.15) is 54.6 Å². The summed E-state index contributed by atoms with van der Waals surface area (Å²) in [7, 11) is 2.15. The molecule has 1 aromatic carbocycles. The van der Waals surface area contributed by atoms with E-state index in [1.807, 2.05) is 24.8 Å². The number of likely N-dealkylation sites (tertiary alicyclic amines) is 1. The molecule has 1 aliphatic carbocycles. The highest BCUT2D eigenvalue weighted by molar-refractivity contribution is 6.00. The number of H-pyrrole nitrogens is 1. The van der Waals surface area contributed by atoms with Gasteiger partial charge in [0.2, 0.25) is 0 Å². The van der Waals surface area contributed by atoms with Gasteiger partial charge in [0.05, 0.1) is 0 Å². The molecule has 2 amide bonds. The zero-order valence-corrected chi connectivity index (χ0v) is 17.2. The summed E-state index contributed by atoms with van der Waals surface area (Å²) in [4.78, 5) is 32.2. The summed E-state index contributed by atoms with van der Waals surface area (Å²) in [5, 5.41) is 4.52. The summed E-state index contributed by atoms with van der Waals surface area (Å²) >= 11 is 0. The van der Waals surface area contributed by atoms with E-state index in [0.29, 0.717) is 25.0 Å². The van der Waals surface area contributed by atoms with Crippen LogP contribution in [-0.2, 0) is 6.42 Å². The molecule has 2 heterocycles. The highest BCUT2D eigenvalue weighted by Gasteiger charge is 2.40. The molecule has 0 spiro atoms. The Bertz CT molecular complexity index is 915. The number of ketones is 1. The van der Waals surface area contributed by atoms with Gasteiger partial charge in [0.25, 0.3) is 0 Å². The molecule has 6 heteroatoms. The predicted octanol–water partition coefficient (Wildman–Crippen LogP) is 3.13. The Hall–Kier alpha value is -2.34. The minimum atomic E-state index is 0.0163. The second kappa shape index (κ2) is 7.24. The van der Waals surface area contributed by atoms with Crippen molar-refractivity contribution in [3.63, 3.8) is 0 Å². The first kappa shape index (κ1) is 19.0. The first-order valence-electron chi connectivity index (χ1n) is 10.3. The SMILES string of the molecule is CCN(CC)C(=O)N[C@H]1C[C@@H]2c3cc(C(C)=O)cc4[nH]cc(c34)C[C@H]2N(C)C1. The normalized spacial score (nSPS) is 24.1. The molecule has 0 unspecified atom stereocenters.